The number of nitrogens with one attached hydrogen (secondary N) is 1. The Morgan fingerprint density at radius 1 is 1.11 bits per heavy atom. The number of amides is 1. The highest BCUT2D eigenvalue weighted by Crippen LogP contribution is 2.44. The van der Waals surface area contributed by atoms with Crippen LogP contribution in [-0.2, 0) is 6.54 Å². The standard InChI is InChI=1S/C21H21N3OS2/c25-20(17-8-6-16(7-9-17)15-24-11-2-10-22-24)23-19-5-1-4-18(14-19)21-26-12-3-13-27-21/h1-2,4-11,14,21H,3,12-13,15H2,(H,23,25). The molecule has 0 saturated carbocycles. The molecule has 1 aromatic heterocycles. The summed E-state index contributed by atoms with van der Waals surface area (Å²) in [6, 6.07) is 17.8. The van der Waals surface area contributed by atoms with Gasteiger partial charge in [0.2, 0.25) is 0 Å². The molecule has 0 radical (unpaired) electrons. The van der Waals surface area contributed by atoms with Crippen LogP contribution in [0.3, 0.4) is 0 Å². The van der Waals surface area contributed by atoms with Gasteiger partial charge in [0, 0.05) is 23.6 Å². The van der Waals surface area contributed by atoms with Crippen LogP contribution in [0.4, 0.5) is 5.69 Å². The summed E-state index contributed by atoms with van der Waals surface area (Å²) in [5, 5.41) is 7.23. The maximum absolute atomic E-state index is 12.6. The van der Waals surface area contributed by atoms with E-state index in [2.05, 4.69) is 22.5 Å². The van der Waals surface area contributed by atoms with Crippen LogP contribution in [0.15, 0.2) is 67.0 Å². The summed E-state index contributed by atoms with van der Waals surface area (Å²) in [5.41, 5.74) is 3.90. The average molecular weight is 396 g/mol. The van der Waals surface area contributed by atoms with E-state index in [-0.39, 0.29) is 5.91 Å². The molecule has 1 amide bonds. The van der Waals surface area contributed by atoms with Gasteiger partial charge < -0.3 is 5.32 Å². The van der Waals surface area contributed by atoms with Gasteiger partial charge >= 0.3 is 0 Å². The Labute approximate surface area is 167 Å². The van der Waals surface area contributed by atoms with Gasteiger partial charge in [0.1, 0.15) is 0 Å². The molecule has 6 heteroatoms. The van der Waals surface area contributed by atoms with Crippen molar-refractivity contribution < 1.29 is 4.79 Å². The van der Waals surface area contributed by atoms with Gasteiger partial charge in [-0.3, -0.25) is 9.48 Å². The van der Waals surface area contributed by atoms with Gasteiger partial charge in [-0.15, -0.1) is 23.5 Å². The first-order valence-electron chi connectivity index (χ1n) is 8.99. The second-order valence-electron chi connectivity index (χ2n) is 6.41. The smallest absolute Gasteiger partial charge is 0.255 e. The van der Waals surface area contributed by atoms with Crippen LogP contribution < -0.4 is 5.32 Å². The zero-order chi connectivity index (χ0) is 18.5. The van der Waals surface area contributed by atoms with Gasteiger partial charge in [0.15, 0.2) is 0 Å². The first kappa shape index (κ1) is 18.2. The number of benzene rings is 2. The highest BCUT2D eigenvalue weighted by Gasteiger charge is 2.17. The van der Waals surface area contributed by atoms with Crippen molar-refractivity contribution in [2.75, 3.05) is 16.8 Å². The number of carbonyl (C=O) groups is 1. The van der Waals surface area contributed by atoms with Crippen LogP contribution in [0.5, 0.6) is 0 Å². The first-order chi connectivity index (χ1) is 13.3. The molecule has 0 bridgehead atoms. The van der Waals surface area contributed by atoms with Gasteiger partial charge in [0.05, 0.1) is 11.1 Å². The third-order valence-electron chi connectivity index (χ3n) is 4.36. The van der Waals surface area contributed by atoms with Gasteiger partial charge in [-0.2, -0.15) is 5.10 Å². The fourth-order valence-corrected chi connectivity index (χ4v) is 5.86. The Hall–Kier alpha value is -2.18. The Bertz CT molecular complexity index is 888. The molecule has 4 rings (SSSR count). The second kappa shape index (κ2) is 8.67. The Kier molecular flexibility index (Phi) is 5.84. The molecule has 4 nitrogen and oxygen atoms in total. The third-order valence-corrected chi connectivity index (χ3v) is 7.38. The van der Waals surface area contributed by atoms with Crippen LogP contribution in [0.1, 0.15) is 32.5 Å². The predicted octanol–water partition coefficient (Wildman–Crippen LogP) is 5.05. The van der Waals surface area contributed by atoms with Crippen molar-refractivity contribution >= 4 is 35.1 Å². The van der Waals surface area contributed by atoms with E-state index in [4.69, 9.17) is 0 Å². The van der Waals surface area contributed by atoms with Gasteiger partial charge in [0.25, 0.3) is 5.91 Å². The maximum Gasteiger partial charge on any atom is 0.255 e. The molecule has 0 spiro atoms. The molecule has 1 saturated heterocycles. The monoisotopic (exact) mass is 395 g/mol. The molecule has 138 valence electrons. The molecule has 27 heavy (non-hydrogen) atoms. The lowest BCUT2D eigenvalue weighted by Crippen LogP contribution is -2.12. The summed E-state index contributed by atoms with van der Waals surface area (Å²) >= 11 is 3.97. The van der Waals surface area contributed by atoms with E-state index in [1.807, 2.05) is 76.9 Å². The van der Waals surface area contributed by atoms with Crippen LogP contribution >= 0.6 is 23.5 Å². The van der Waals surface area contributed by atoms with Crippen molar-refractivity contribution in [3.05, 3.63) is 83.7 Å². The number of aromatic nitrogens is 2. The molecule has 1 aliphatic heterocycles. The van der Waals surface area contributed by atoms with Gasteiger partial charge in [-0.1, -0.05) is 24.3 Å². The van der Waals surface area contributed by atoms with Crippen molar-refractivity contribution in [1.29, 1.82) is 0 Å². The molecule has 2 aromatic carbocycles. The minimum Gasteiger partial charge on any atom is -0.322 e. The minimum absolute atomic E-state index is 0.0817. The van der Waals surface area contributed by atoms with E-state index < -0.39 is 0 Å². The van der Waals surface area contributed by atoms with Crippen LogP contribution in [0.25, 0.3) is 0 Å². The highest BCUT2D eigenvalue weighted by molar-refractivity contribution is 8.16. The lowest BCUT2D eigenvalue weighted by Gasteiger charge is -2.21. The molecule has 3 aromatic rings. The lowest BCUT2D eigenvalue weighted by molar-refractivity contribution is 0.102. The van der Waals surface area contributed by atoms with Crippen LogP contribution in [0.2, 0.25) is 0 Å². The van der Waals surface area contributed by atoms with Crippen molar-refractivity contribution in [3.8, 4) is 0 Å². The van der Waals surface area contributed by atoms with E-state index in [1.54, 1.807) is 6.20 Å². The fraction of sp³-hybridized carbons (Fsp3) is 0.238. The molecule has 1 fully saturated rings. The number of thioether (sulfide) groups is 2. The number of carbonyl (C=O) groups excluding carboxylic acids is 1. The summed E-state index contributed by atoms with van der Waals surface area (Å²) in [5.74, 6) is 2.33. The number of hydrogen-bond donors (Lipinski definition) is 1. The fourth-order valence-electron chi connectivity index (χ4n) is 2.99. The van der Waals surface area contributed by atoms with Crippen LogP contribution in [-0.4, -0.2) is 27.2 Å². The van der Waals surface area contributed by atoms with E-state index in [1.165, 1.54) is 23.5 Å². The predicted molar refractivity (Wildman–Crippen MR) is 114 cm³/mol. The topological polar surface area (TPSA) is 46.9 Å². The summed E-state index contributed by atoms with van der Waals surface area (Å²) < 4.78 is 2.33. The highest BCUT2D eigenvalue weighted by atomic mass is 32.2. The van der Waals surface area contributed by atoms with Crippen molar-refractivity contribution in [3.63, 3.8) is 0 Å². The molecule has 1 N–H and O–H groups in total. The summed E-state index contributed by atoms with van der Waals surface area (Å²) in [6.45, 7) is 0.702. The molecular weight excluding hydrogens is 374 g/mol. The summed E-state index contributed by atoms with van der Waals surface area (Å²) in [4.78, 5) is 12.6. The second-order valence-corrected chi connectivity index (χ2v) is 9.13. The molecule has 1 aliphatic rings. The molecule has 2 heterocycles. The molecule has 0 unspecified atom stereocenters. The number of hydrogen-bond acceptors (Lipinski definition) is 4. The SMILES string of the molecule is O=C(Nc1cccc(C2SCCCS2)c1)c1ccc(Cn2cccn2)cc1. The lowest BCUT2D eigenvalue weighted by atomic mass is 10.1. The van der Waals surface area contributed by atoms with Crippen molar-refractivity contribution in [2.45, 2.75) is 17.5 Å². The van der Waals surface area contributed by atoms with Crippen LogP contribution in [0, 0.1) is 0 Å². The van der Waals surface area contributed by atoms with Crippen molar-refractivity contribution in [2.24, 2.45) is 0 Å². The Morgan fingerprint density at radius 2 is 1.93 bits per heavy atom. The van der Waals surface area contributed by atoms with E-state index in [9.17, 15) is 4.79 Å². The molecule has 0 atom stereocenters. The Morgan fingerprint density at radius 3 is 2.67 bits per heavy atom. The van der Waals surface area contributed by atoms with Gasteiger partial charge in [-0.25, -0.2) is 0 Å². The minimum atomic E-state index is -0.0817. The number of anilines is 1. The zero-order valence-corrected chi connectivity index (χ0v) is 16.5. The molecular formula is C21H21N3OS2. The third kappa shape index (κ3) is 4.76. The maximum atomic E-state index is 12.6. The van der Waals surface area contributed by atoms with E-state index in [0.29, 0.717) is 16.7 Å². The van der Waals surface area contributed by atoms with E-state index in [0.717, 1.165) is 11.3 Å². The Balaban J connectivity index is 1.41. The average Bonchev–Trinajstić information content (AvgIpc) is 3.22. The first-order valence-corrected chi connectivity index (χ1v) is 11.1. The van der Waals surface area contributed by atoms with Crippen molar-refractivity contribution in [1.82, 2.24) is 9.78 Å². The number of nitrogens with zero attached hydrogens (tertiary/aromatic N) is 2. The largest absolute Gasteiger partial charge is 0.322 e. The zero-order valence-electron chi connectivity index (χ0n) is 14.9. The summed E-state index contributed by atoms with van der Waals surface area (Å²) in [7, 11) is 0. The normalized spacial score (nSPS) is 14.8. The quantitative estimate of drug-likeness (QED) is 0.656. The van der Waals surface area contributed by atoms with E-state index >= 15 is 0 Å². The number of rotatable bonds is 5. The summed E-state index contributed by atoms with van der Waals surface area (Å²) in [6.07, 6.45) is 4.97. The van der Waals surface area contributed by atoms with Gasteiger partial charge in [-0.05, 0) is 59.4 Å². The molecule has 0 aliphatic carbocycles.